The van der Waals surface area contributed by atoms with Gasteiger partial charge in [-0.15, -0.1) is 35.3 Å². The molecule has 1 heterocycles. The van der Waals surface area contributed by atoms with Crippen molar-refractivity contribution in [2.45, 2.75) is 38.1 Å². The highest BCUT2D eigenvalue weighted by molar-refractivity contribution is 14.0. The van der Waals surface area contributed by atoms with E-state index >= 15 is 0 Å². The van der Waals surface area contributed by atoms with E-state index in [9.17, 15) is 0 Å². The number of nitrogens with zero attached hydrogens (tertiary/aromatic N) is 2. The van der Waals surface area contributed by atoms with Gasteiger partial charge in [-0.05, 0) is 30.9 Å². The van der Waals surface area contributed by atoms with Gasteiger partial charge in [0, 0.05) is 34.6 Å². The van der Waals surface area contributed by atoms with E-state index in [1.54, 1.807) is 11.3 Å². The summed E-state index contributed by atoms with van der Waals surface area (Å²) in [5, 5.41) is 7.95. The molecular weight excluding hydrogens is 511 g/mol. The molecule has 136 valence electrons. The second kappa shape index (κ2) is 9.32. The van der Waals surface area contributed by atoms with Gasteiger partial charge in [0.2, 0.25) is 0 Å². The molecule has 2 aromatic rings. The predicted molar refractivity (Wildman–Crippen MR) is 120 cm³/mol. The number of benzene rings is 1. The van der Waals surface area contributed by atoms with Gasteiger partial charge in [0.25, 0.3) is 0 Å². The number of hydrogen-bond acceptors (Lipinski definition) is 3. The third-order valence-corrected chi connectivity index (χ3v) is 6.31. The van der Waals surface area contributed by atoms with Gasteiger partial charge >= 0.3 is 0 Å². The van der Waals surface area contributed by atoms with E-state index in [-0.39, 0.29) is 29.4 Å². The minimum absolute atomic E-state index is 0. The van der Waals surface area contributed by atoms with Crippen molar-refractivity contribution in [3.63, 3.8) is 0 Å². The Labute approximate surface area is 179 Å². The van der Waals surface area contributed by atoms with Crippen molar-refractivity contribution in [2.24, 2.45) is 4.99 Å². The molecule has 1 aromatic carbocycles. The Balaban J connectivity index is 0.00000225. The summed E-state index contributed by atoms with van der Waals surface area (Å²) in [4.78, 5) is 10.1. The molecule has 4 nitrogen and oxygen atoms in total. The average Bonchev–Trinajstić information content (AvgIpc) is 3.24. The maximum Gasteiger partial charge on any atom is 0.191 e. The molecule has 1 aromatic heterocycles. The SMILES string of the molecule is CCc1cnc(CNC(=NC)NCC2(c3ccccc3Br)CC2)s1.I. The first-order valence-electron chi connectivity index (χ1n) is 8.30. The zero-order chi connectivity index (χ0) is 17.0. The standard InChI is InChI=1S/C18H23BrN4S.HI/c1-3-13-10-21-16(24-13)11-22-17(20-2)23-12-18(8-9-18)14-6-4-5-7-15(14)19;/h4-7,10H,3,8-9,11-12H2,1-2H3,(H2,20,22,23);1H. The van der Waals surface area contributed by atoms with Crippen molar-refractivity contribution in [1.82, 2.24) is 15.6 Å². The molecule has 1 aliphatic carbocycles. The summed E-state index contributed by atoms with van der Waals surface area (Å²) < 4.78 is 1.20. The van der Waals surface area contributed by atoms with Crippen LogP contribution in [0.3, 0.4) is 0 Å². The molecule has 0 radical (unpaired) electrons. The molecule has 2 N–H and O–H groups in total. The Morgan fingerprint density at radius 1 is 1.32 bits per heavy atom. The van der Waals surface area contributed by atoms with Crippen molar-refractivity contribution in [1.29, 1.82) is 0 Å². The average molecular weight is 535 g/mol. The fourth-order valence-electron chi connectivity index (χ4n) is 2.81. The van der Waals surface area contributed by atoms with Crippen LogP contribution in [0.1, 0.15) is 35.2 Å². The summed E-state index contributed by atoms with van der Waals surface area (Å²) in [7, 11) is 1.81. The zero-order valence-corrected chi connectivity index (χ0v) is 19.2. The fraction of sp³-hybridized carbons (Fsp3) is 0.444. The molecule has 25 heavy (non-hydrogen) atoms. The largest absolute Gasteiger partial charge is 0.356 e. The van der Waals surface area contributed by atoms with Gasteiger partial charge in [-0.25, -0.2) is 4.98 Å². The van der Waals surface area contributed by atoms with Crippen LogP contribution >= 0.6 is 51.2 Å². The van der Waals surface area contributed by atoms with Gasteiger partial charge in [0.15, 0.2) is 5.96 Å². The fourth-order valence-corrected chi connectivity index (χ4v) is 4.32. The van der Waals surface area contributed by atoms with Crippen LogP contribution in [-0.2, 0) is 18.4 Å². The number of halogens is 2. The number of nitrogens with one attached hydrogen (secondary N) is 2. The van der Waals surface area contributed by atoms with E-state index in [4.69, 9.17) is 0 Å². The second-order valence-corrected chi connectivity index (χ2v) is 8.17. The normalized spacial score (nSPS) is 15.4. The van der Waals surface area contributed by atoms with Crippen LogP contribution < -0.4 is 10.6 Å². The van der Waals surface area contributed by atoms with Crippen LogP contribution in [0, 0.1) is 0 Å². The molecule has 1 aliphatic rings. The number of aryl methyl sites for hydroxylation is 1. The van der Waals surface area contributed by atoms with Crippen LogP contribution in [0.25, 0.3) is 0 Å². The molecule has 0 aliphatic heterocycles. The lowest BCUT2D eigenvalue weighted by Gasteiger charge is -2.20. The lowest BCUT2D eigenvalue weighted by molar-refractivity contribution is 0.643. The van der Waals surface area contributed by atoms with E-state index in [0.29, 0.717) is 6.54 Å². The van der Waals surface area contributed by atoms with Crippen LogP contribution in [0.5, 0.6) is 0 Å². The molecular formula is C18H24BrIN4S. The van der Waals surface area contributed by atoms with Crippen molar-refractivity contribution >= 4 is 57.2 Å². The third-order valence-electron chi connectivity index (χ3n) is 4.47. The molecule has 0 amide bonds. The first-order valence-corrected chi connectivity index (χ1v) is 9.91. The highest BCUT2D eigenvalue weighted by Gasteiger charge is 2.45. The maximum absolute atomic E-state index is 4.44. The molecule has 0 atom stereocenters. The van der Waals surface area contributed by atoms with Gasteiger partial charge in [0.05, 0.1) is 6.54 Å². The Kier molecular flexibility index (Phi) is 7.69. The summed E-state index contributed by atoms with van der Waals surface area (Å²) >= 11 is 5.44. The molecule has 7 heteroatoms. The van der Waals surface area contributed by atoms with Gasteiger partial charge in [0.1, 0.15) is 5.01 Å². The number of guanidine groups is 1. The van der Waals surface area contributed by atoms with Crippen molar-refractivity contribution < 1.29 is 0 Å². The van der Waals surface area contributed by atoms with E-state index in [2.05, 4.69) is 67.7 Å². The van der Waals surface area contributed by atoms with Crippen molar-refractivity contribution in [3.8, 4) is 0 Å². The molecule has 1 saturated carbocycles. The first-order chi connectivity index (χ1) is 11.7. The first kappa shape index (κ1) is 20.6. The lowest BCUT2D eigenvalue weighted by Crippen LogP contribution is -2.41. The summed E-state index contributed by atoms with van der Waals surface area (Å²) in [6.45, 7) is 3.77. The Morgan fingerprint density at radius 3 is 2.68 bits per heavy atom. The summed E-state index contributed by atoms with van der Waals surface area (Å²) in [5.41, 5.74) is 1.62. The summed E-state index contributed by atoms with van der Waals surface area (Å²) in [6.07, 6.45) is 5.43. The molecule has 0 spiro atoms. The third kappa shape index (κ3) is 5.17. The van der Waals surface area contributed by atoms with Crippen LogP contribution in [0.4, 0.5) is 0 Å². The zero-order valence-electron chi connectivity index (χ0n) is 14.5. The van der Waals surface area contributed by atoms with Gasteiger partial charge in [-0.1, -0.05) is 41.1 Å². The van der Waals surface area contributed by atoms with E-state index in [1.807, 2.05) is 13.2 Å². The number of aliphatic imine (C=N–C) groups is 1. The minimum Gasteiger partial charge on any atom is -0.356 e. The van der Waals surface area contributed by atoms with E-state index in [1.165, 1.54) is 27.8 Å². The lowest BCUT2D eigenvalue weighted by atomic mass is 9.96. The highest BCUT2D eigenvalue weighted by atomic mass is 127. The van der Waals surface area contributed by atoms with Gasteiger partial charge in [-0.3, -0.25) is 4.99 Å². The molecule has 0 saturated heterocycles. The summed E-state index contributed by atoms with van der Waals surface area (Å²) in [5.74, 6) is 0.835. The summed E-state index contributed by atoms with van der Waals surface area (Å²) in [6, 6.07) is 8.52. The smallest absolute Gasteiger partial charge is 0.191 e. The molecule has 0 unspecified atom stereocenters. The molecule has 3 rings (SSSR count). The number of thiazole rings is 1. The second-order valence-electron chi connectivity index (χ2n) is 6.11. The van der Waals surface area contributed by atoms with Crippen molar-refractivity contribution in [3.05, 3.63) is 50.4 Å². The molecule has 0 bridgehead atoms. The van der Waals surface area contributed by atoms with Crippen molar-refractivity contribution in [2.75, 3.05) is 13.6 Å². The number of rotatable bonds is 6. The number of aromatic nitrogens is 1. The van der Waals surface area contributed by atoms with Gasteiger partial charge < -0.3 is 10.6 Å². The Hall–Kier alpha value is -0.670. The number of hydrogen-bond donors (Lipinski definition) is 2. The Bertz CT molecular complexity index is 727. The van der Waals surface area contributed by atoms with Crippen LogP contribution in [0.15, 0.2) is 39.9 Å². The topological polar surface area (TPSA) is 49.3 Å². The quantitative estimate of drug-likeness (QED) is 0.326. The Morgan fingerprint density at radius 2 is 2.08 bits per heavy atom. The highest BCUT2D eigenvalue weighted by Crippen LogP contribution is 2.49. The predicted octanol–water partition coefficient (Wildman–Crippen LogP) is 4.48. The molecule has 1 fully saturated rings. The monoisotopic (exact) mass is 534 g/mol. The maximum atomic E-state index is 4.44. The minimum atomic E-state index is 0. The van der Waals surface area contributed by atoms with Gasteiger partial charge in [-0.2, -0.15) is 0 Å². The van der Waals surface area contributed by atoms with E-state index < -0.39 is 0 Å². The van der Waals surface area contributed by atoms with Crippen LogP contribution in [-0.4, -0.2) is 24.5 Å². The van der Waals surface area contributed by atoms with E-state index in [0.717, 1.165) is 23.9 Å². The van der Waals surface area contributed by atoms with Crippen LogP contribution in [0.2, 0.25) is 0 Å².